The van der Waals surface area contributed by atoms with Crippen LogP contribution >= 0.6 is 0 Å². The van der Waals surface area contributed by atoms with Crippen molar-refractivity contribution < 1.29 is 235 Å². The van der Waals surface area contributed by atoms with Crippen LogP contribution in [0.25, 0.3) is 0 Å². The third kappa shape index (κ3) is 38.6. The normalized spacial score (nSPS) is 19.9. The molecule has 0 aromatic heterocycles. The molecule has 477 valence electrons. The van der Waals surface area contributed by atoms with Crippen LogP contribution in [0.15, 0.2) is 63.3 Å². The van der Waals surface area contributed by atoms with Gasteiger partial charge >= 0.3 is 0 Å². The van der Waals surface area contributed by atoms with E-state index in [-0.39, 0.29) is 252 Å². The van der Waals surface area contributed by atoms with E-state index >= 15 is 0 Å². The SMILES string of the molecule is C=CC(=O)N1C(C)(C)CCC(C[CH-]OC(C)=O)C1(C)C.C=CC(=O)N1CCC(C[CH-]OC(C)=O)C1.C=CC(=O)N1CCCC(C[CH-]OC(C)=O)C1.C=CC(=O)N1CCCC1C[CH-]OC(C)=O.C=CC(=O)N1CCCCC1C[CH-]OC(C)=O.[Y].[Y].[Y].[Y].[Y]. The van der Waals surface area contributed by atoms with Gasteiger partial charge in [0, 0.05) is 261 Å². The standard InChI is InChI=1S/C16H26NO3.2C12H18NO3.2C11H16NO3.5Y/c1-7-14(19)17-15(3,4)10-8-13(16(17,5)6)9-11-20-12(2)18;1-3-12(15)13-7-4-5-11(9-13)6-8-16-10(2)14;1-3-12(15)13-8-5-4-6-11(13)7-9-16-10(2)14;1-3-11(14)12-6-4-10(8-12)5-7-15-9(2)13;1-3-11(14)12-7-4-5-10(12)6-8-15-9(2)13;;;;;/h7,11,13H,1,8-10H2,2-6H3;3,8,11H,1,4-7,9H2,2H3;3,9,11H,1,4-8H2,2H3;3,7,10H,1,4-6,8H2,2H3;3,8,10H,1,4-7H2,2H3;;;;;/q5*-1;;;;;. The zero-order valence-electron chi connectivity index (χ0n) is 53.3. The summed E-state index contributed by atoms with van der Waals surface area (Å²) < 4.78 is 24.0. The van der Waals surface area contributed by atoms with Gasteiger partial charge in [0.15, 0.2) is 0 Å². The summed E-state index contributed by atoms with van der Waals surface area (Å²) in [6.45, 7) is 44.8. The first-order chi connectivity index (χ1) is 38.7. The molecule has 5 unspecified atom stereocenters. The molecule has 5 aliphatic heterocycles. The second kappa shape index (κ2) is 52.3. The van der Waals surface area contributed by atoms with Gasteiger partial charge in [-0.2, -0.15) is 33.0 Å². The van der Waals surface area contributed by atoms with E-state index in [4.69, 9.17) is 23.7 Å². The Labute approximate surface area is 645 Å². The van der Waals surface area contributed by atoms with Gasteiger partial charge in [0.25, 0.3) is 29.8 Å². The first-order valence-electron chi connectivity index (χ1n) is 28.3. The predicted molar refractivity (Wildman–Crippen MR) is 310 cm³/mol. The zero-order chi connectivity index (χ0) is 62.0. The molecule has 5 aliphatic rings. The van der Waals surface area contributed by atoms with Crippen LogP contribution in [-0.2, 0) is 235 Å². The molecule has 0 aromatic carbocycles. The molecule has 0 saturated carbocycles. The molecule has 5 atom stereocenters. The number of carbonyl (C=O) groups excluding carboxylic acids is 10. The van der Waals surface area contributed by atoms with Crippen LogP contribution < -0.4 is 0 Å². The molecule has 87 heavy (non-hydrogen) atoms. The molecule has 5 heterocycles. The number of nitrogens with zero attached hydrogens (tertiary/aromatic N) is 5. The van der Waals surface area contributed by atoms with Crippen molar-refractivity contribution in [1.82, 2.24) is 24.5 Å². The van der Waals surface area contributed by atoms with Crippen molar-refractivity contribution >= 4 is 59.4 Å². The van der Waals surface area contributed by atoms with E-state index in [1.807, 2.05) is 4.90 Å². The fourth-order valence-corrected chi connectivity index (χ4v) is 10.6. The molecule has 0 bridgehead atoms. The maximum Gasteiger partial charge on any atom is 0.271 e. The van der Waals surface area contributed by atoms with E-state index in [1.165, 1.54) is 91.4 Å². The van der Waals surface area contributed by atoms with Crippen molar-refractivity contribution in [1.29, 1.82) is 0 Å². The number of esters is 5. The summed E-state index contributed by atoms with van der Waals surface area (Å²) in [7, 11) is 0. The van der Waals surface area contributed by atoms with E-state index in [2.05, 4.69) is 60.6 Å². The van der Waals surface area contributed by atoms with Gasteiger partial charge < -0.3 is 48.2 Å². The molecule has 5 saturated heterocycles. The Balaban J connectivity index is -0.000000319. The number of amides is 5. The molecule has 5 radical (unpaired) electrons. The molecule has 0 spiro atoms. The van der Waals surface area contributed by atoms with Crippen molar-refractivity contribution in [2.24, 2.45) is 17.8 Å². The van der Waals surface area contributed by atoms with Gasteiger partial charge in [-0.05, 0) is 140 Å². The molecule has 5 rings (SSSR count). The van der Waals surface area contributed by atoms with Gasteiger partial charge in [0.1, 0.15) is 0 Å². The van der Waals surface area contributed by atoms with Gasteiger partial charge in [-0.25, -0.2) is 0 Å². The smallest absolute Gasteiger partial charge is 0.271 e. The van der Waals surface area contributed by atoms with Crippen LogP contribution in [0.1, 0.15) is 159 Å². The molecule has 25 heteroatoms. The first-order valence-corrected chi connectivity index (χ1v) is 28.3. The number of carbonyl (C=O) groups is 10. The monoisotopic (exact) mass is 1590 g/mol. The number of piperidine rings is 3. The van der Waals surface area contributed by atoms with Gasteiger partial charge in [-0.3, -0.25) is 47.9 Å². The molecule has 5 fully saturated rings. The van der Waals surface area contributed by atoms with Crippen molar-refractivity contribution in [3.05, 3.63) is 96.3 Å². The number of likely N-dealkylation sites (tertiary alicyclic amines) is 5. The van der Waals surface area contributed by atoms with E-state index in [0.29, 0.717) is 43.9 Å². The maximum atomic E-state index is 12.2. The van der Waals surface area contributed by atoms with Crippen LogP contribution in [0.2, 0.25) is 0 Å². The molecule has 0 N–H and O–H groups in total. The van der Waals surface area contributed by atoms with Gasteiger partial charge in [0.05, 0.1) is 0 Å². The summed E-state index contributed by atoms with van der Waals surface area (Å²) in [6.07, 6.45) is 20.0. The van der Waals surface area contributed by atoms with Crippen molar-refractivity contribution in [3.63, 3.8) is 0 Å². The zero-order valence-corrected chi connectivity index (χ0v) is 67.5. The summed E-state index contributed by atoms with van der Waals surface area (Å²) in [5.41, 5.74) is -0.490. The third-order valence-electron chi connectivity index (χ3n) is 14.6. The fourth-order valence-electron chi connectivity index (χ4n) is 10.6. The minimum absolute atomic E-state index is 0. The quantitative estimate of drug-likeness (QED) is 0.0480. The largest absolute Gasteiger partial charge is 0.637 e. The van der Waals surface area contributed by atoms with Crippen LogP contribution in [0, 0.1) is 50.8 Å². The Bertz CT molecular complexity index is 2190. The van der Waals surface area contributed by atoms with Gasteiger partial charge in [0.2, 0.25) is 29.5 Å². The molecular weight excluding hydrogens is 1500 g/mol. The molecule has 0 aliphatic carbocycles. The Kier molecular flexibility index (Phi) is 56.9. The topological polar surface area (TPSA) is 233 Å². The average Bonchev–Trinajstić information content (AvgIpc) is 1.65. The minimum Gasteiger partial charge on any atom is -0.637 e. The first kappa shape index (κ1) is 94.6. The Morgan fingerprint density at radius 1 is 0.414 bits per heavy atom. The molecule has 20 nitrogen and oxygen atoms in total. The van der Waals surface area contributed by atoms with Crippen molar-refractivity contribution in [2.45, 2.75) is 182 Å². The molecule has 0 aromatic rings. The summed E-state index contributed by atoms with van der Waals surface area (Å²) in [5.74, 6) is -0.676. The minimum atomic E-state index is -0.324. The van der Waals surface area contributed by atoms with E-state index in [0.717, 1.165) is 103 Å². The second-order valence-electron chi connectivity index (χ2n) is 21.7. The Morgan fingerprint density at radius 2 is 0.759 bits per heavy atom. The third-order valence-corrected chi connectivity index (χ3v) is 14.6. The van der Waals surface area contributed by atoms with Gasteiger partial charge in [-0.1, -0.05) is 32.9 Å². The Hall–Kier alpha value is -1.08. The number of ether oxygens (including phenoxy) is 5. The summed E-state index contributed by atoms with van der Waals surface area (Å²) >= 11 is 0. The van der Waals surface area contributed by atoms with E-state index < -0.39 is 0 Å². The predicted octanol–water partition coefficient (Wildman–Crippen LogP) is 8.68. The molecule has 5 amide bonds. The van der Waals surface area contributed by atoms with Crippen molar-refractivity contribution in [2.75, 3.05) is 39.3 Å². The summed E-state index contributed by atoms with van der Waals surface area (Å²) in [4.78, 5) is 120. The van der Waals surface area contributed by atoms with E-state index in [1.54, 1.807) is 26.2 Å². The van der Waals surface area contributed by atoms with Crippen molar-refractivity contribution in [3.8, 4) is 0 Å². The van der Waals surface area contributed by atoms with Crippen LogP contribution in [0.5, 0.6) is 0 Å². The number of hydrogen-bond acceptors (Lipinski definition) is 15. The van der Waals surface area contributed by atoms with E-state index in [9.17, 15) is 47.9 Å². The fraction of sp³-hybridized carbons (Fsp3) is 0.597. The summed E-state index contributed by atoms with van der Waals surface area (Å²) in [6, 6.07) is 0.286. The average molecular weight is 1590 g/mol. The number of hydrogen-bond donors (Lipinski definition) is 0. The maximum absolute atomic E-state index is 12.2. The molecular formula is C62H94N5O15Y5-5. The van der Waals surface area contributed by atoms with Gasteiger partial charge in [-0.15, -0.1) is 32.1 Å². The Morgan fingerprint density at radius 3 is 1.16 bits per heavy atom. The second-order valence-corrected chi connectivity index (χ2v) is 21.7. The summed E-state index contributed by atoms with van der Waals surface area (Å²) in [5, 5.41) is 0. The van der Waals surface area contributed by atoms with Crippen LogP contribution in [-0.4, -0.2) is 146 Å². The van der Waals surface area contributed by atoms with Crippen LogP contribution in [0.4, 0.5) is 0 Å². The number of rotatable bonds is 20. The van der Waals surface area contributed by atoms with Crippen LogP contribution in [0.3, 0.4) is 0 Å².